The van der Waals surface area contributed by atoms with E-state index in [1.54, 1.807) is 6.08 Å². The minimum absolute atomic E-state index is 0.126. The Hall–Kier alpha value is -2.98. The lowest BCUT2D eigenvalue weighted by Gasteiger charge is -2.19. The number of nitrogens with zero attached hydrogens (tertiary/aromatic N) is 1. The highest BCUT2D eigenvalue weighted by Gasteiger charge is 2.25. The zero-order valence-electron chi connectivity index (χ0n) is 14.3. The predicted octanol–water partition coefficient (Wildman–Crippen LogP) is 5.90. The fraction of sp³-hybridized carbons (Fsp3) is 0.0435. The van der Waals surface area contributed by atoms with Crippen LogP contribution in [0.3, 0.4) is 0 Å². The molecule has 0 saturated carbocycles. The van der Waals surface area contributed by atoms with E-state index in [1.807, 2.05) is 48.5 Å². The second-order valence-electron chi connectivity index (χ2n) is 6.52. The summed E-state index contributed by atoms with van der Waals surface area (Å²) < 4.78 is 6.71. The van der Waals surface area contributed by atoms with Gasteiger partial charge in [-0.3, -0.25) is 4.79 Å². The summed E-state index contributed by atoms with van der Waals surface area (Å²) in [5.41, 5.74) is 3.12. The van der Waals surface area contributed by atoms with E-state index in [0.717, 1.165) is 31.7 Å². The lowest BCUT2D eigenvalue weighted by atomic mass is 9.99. The first-order chi connectivity index (χ1) is 13.2. The molecule has 2 heterocycles. The number of carbonyl (C=O) groups excluding carboxylic acids is 1. The van der Waals surface area contributed by atoms with Gasteiger partial charge in [0.05, 0.1) is 16.8 Å². The molecule has 0 spiro atoms. The van der Waals surface area contributed by atoms with E-state index in [0.29, 0.717) is 23.6 Å². The summed E-state index contributed by atoms with van der Waals surface area (Å²) in [5.74, 6) is 0.223. The summed E-state index contributed by atoms with van der Waals surface area (Å²) in [6.45, 7) is 0.292. The van der Waals surface area contributed by atoms with Crippen molar-refractivity contribution in [3.8, 4) is 0 Å². The Morgan fingerprint density at radius 3 is 2.70 bits per heavy atom. The Balaban J connectivity index is 1.63. The van der Waals surface area contributed by atoms with Crippen molar-refractivity contribution in [1.82, 2.24) is 4.98 Å². The molecule has 1 aromatic heterocycles. The molecule has 1 aliphatic heterocycles. The Morgan fingerprint density at radius 1 is 0.963 bits per heavy atom. The van der Waals surface area contributed by atoms with Gasteiger partial charge in [0, 0.05) is 15.2 Å². The number of hydrogen-bond acceptors (Lipinski definition) is 3. The summed E-state index contributed by atoms with van der Waals surface area (Å²) in [4.78, 5) is 17.7. The molecule has 3 nitrogen and oxygen atoms in total. The van der Waals surface area contributed by atoms with Crippen molar-refractivity contribution < 1.29 is 9.53 Å². The van der Waals surface area contributed by atoms with Crippen LogP contribution in [0, 0.1) is 0 Å². The van der Waals surface area contributed by atoms with E-state index in [2.05, 4.69) is 34.1 Å². The Morgan fingerprint density at radius 2 is 1.81 bits per heavy atom. The van der Waals surface area contributed by atoms with Crippen molar-refractivity contribution in [3.05, 3.63) is 93.8 Å². The molecule has 3 aromatic carbocycles. The van der Waals surface area contributed by atoms with E-state index in [1.165, 1.54) is 0 Å². The van der Waals surface area contributed by atoms with Gasteiger partial charge in [0.25, 0.3) is 0 Å². The van der Waals surface area contributed by atoms with Crippen LogP contribution >= 0.6 is 15.9 Å². The van der Waals surface area contributed by atoms with Gasteiger partial charge >= 0.3 is 0 Å². The molecule has 0 N–H and O–H groups in total. The molecule has 27 heavy (non-hydrogen) atoms. The molecule has 0 fully saturated rings. The van der Waals surface area contributed by atoms with Crippen LogP contribution in [0.25, 0.3) is 27.8 Å². The zero-order chi connectivity index (χ0) is 18.4. The molecule has 0 amide bonds. The van der Waals surface area contributed by atoms with Gasteiger partial charge in [-0.05, 0) is 35.2 Å². The van der Waals surface area contributed by atoms with Crippen molar-refractivity contribution in [2.75, 3.05) is 0 Å². The maximum atomic E-state index is 13.0. The van der Waals surface area contributed by atoms with Crippen LogP contribution in [0.5, 0.6) is 0 Å². The summed E-state index contributed by atoms with van der Waals surface area (Å²) in [6.07, 6.45) is 1.78. The van der Waals surface area contributed by atoms with Gasteiger partial charge in [0.15, 0.2) is 5.76 Å². The summed E-state index contributed by atoms with van der Waals surface area (Å²) in [6, 6.07) is 21.9. The maximum Gasteiger partial charge on any atom is 0.229 e. The number of fused-ring (bicyclic) bond motifs is 4. The molecular formula is C23H14BrNO2. The number of pyridine rings is 1. The van der Waals surface area contributed by atoms with E-state index < -0.39 is 0 Å². The second-order valence-corrected chi connectivity index (χ2v) is 7.44. The first-order valence-corrected chi connectivity index (χ1v) is 9.44. The van der Waals surface area contributed by atoms with E-state index in [-0.39, 0.29) is 5.78 Å². The van der Waals surface area contributed by atoms with Crippen LogP contribution in [0.15, 0.2) is 77.0 Å². The topological polar surface area (TPSA) is 39.2 Å². The molecule has 0 radical (unpaired) electrons. The molecule has 130 valence electrons. The number of Topliss-reactive ketones (excluding diaryl/α,β-unsaturated/α-hetero) is 1. The Bertz CT molecular complexity index is 1260. The number of ether oxygens (including phenoxy) is 1. The molecule has 0 unspecified atom stereocenters. The van der Waals surface area contributed by atoms with Gasteiger partial charge in [0.2, 0.25) is 5.78 Å². The van der Waals surface area contributed by atoms with Crippen LogP contribution in [0.1, 0.15) is 21.6 Å². The number of benzene rings is 3. The molecule has 0 atom stereocenters. The SMILES string of the molecule is O=C1/C(=C/c2cccc(Br)c2)OCc2nc3c(ccc4ccccc43)cc21. The smallest absolute Gasteiger partial charge is 0.229 e. The first-order valence-electron chi connectivity index (χ1n) is 8.65. The van der Waals surface area contributed by atoms with Crippen molar-refractivity contribution in [3.63, 3.8) is 0 Å². The van der Waals surface area contributed by atoms with Gasteiger partial charge in [-0.2, -0.15) is 0 Å². The van der Waals surface area contributed by atoms with Crippen molar-refractivity contribution >= 4 is 49.5 Å². The number of rotatable bonds is 1. The first kappa shape index (κ1) is 16.2. The highest BCUT2D eigenvalue weighted by molar-refractivity contribution is 9.10. The average molecular weight is 416 g/mol. The number of hydrogen-bond donors (Lipinski definition) is 0. The minimum Gasteiger partial charge on any atom is -0.483 e. The van der Waals surface area contributed by atoms with Crippen LogP contribution in [-0.2, 0) is 11.3 Å². The van der Waals surface area contributed by atoms with Gasteiger partial charge in [-0.15, -0.1) is 0 Å². The molecule has 0 saturated heterocycles. The van der Waals surface area contributed by atoms with Gasteiger partial charge in [0.1, 0.15) is 6.61 Å². The number of carbonyl (C=O) groups is 1. The third-order valence-electron chi connectivity index (χ3n) is 4.77. The maximum absolute atomic E-state index is 13.0. The summed E-state index contributed by atoms with van der Waals surface area (Å²) in [7, 11) is 0. The van der Waals surface area contributed by atoms with Gasteiger partial charge in [-0.25, -0.2) is 4.98 Å². The van der Waals surface area contributed by atoms with E-state index in [9.17, 15) is 4.79 Å². The molecule has 4 aromatic rings. The highest BCUT2D eigenvalue weighted by Crippen LogP contribution is 2.30. The third-order valence-corrected chi connectivity index (χ3v) is 5.26. The second kappa shape index (κ2) is 6.32. The lowest BCUT2D eigenvalue weighted by molar-refractivity contribution is 0.0866. The van der Waals surface area contributed by atoms with Crippen LogP contribution in [-0.4, -0.2) is 10.8 Å². The van der Waals surface area contributed by atoms with Crippen molar-refractivity contribution in [2.45, 2.75) is 6.61 Å². The monoisotopic (exact) mass is 415 g/mol. The quantitative estimate of drug-likeness (QED) is 0.286. The van der Waals surface area contributed by atoms with Gasteiger partial charge < -0.3 is 4.74 Å². The fourth-order valence-electron chi connectivity index (χ4n) is 3.45. The van der Waals surface area contributed by atoms with Crippen molar-refractivity contribution in [1.29, 1.82) is 0 Å². The predicted molar refractivity (Wildman–Crippen MR) is 110 cm³/mol. The van der Waals surface area contributed by atoms with Crippen LogP contribution in [0.4, 0.5) is 0 Å². The number of ketones is 1. The van der Waals surface area contributed by atoms with Crippen LogP contribution < -0.4 is 0 Å². The zero-order valence-corrected chi connectivity index (χ0v) is 15.9. The van der Waals surface area contributed by atoms with Crippen LogP contribution in [0.2, 0.25) is 0 Å². The Labute approximate surface area is 164 Å². The number of halogens is 1. The summed E-state index contributed by atoms with van der Waals surface area (Å²) in [5, 5.41) is 3.18. The summed E-state index contributed by atoms with van der Waals surface area (Å²) >= 11 is 3.45. The fourth-order valence-corrected chi connectivity index (χ4v) is 3.87. The lowest BCUT2D eigenvalue weighted by Crippen LogP contribution is -2.18. The molecule has 5 rings (SSSR count). The van der Waals surface area contributed by atoms with E-state index in [4.69, 9.17) is 9.72 Å². The highest BCUT2D eigenvalue weighted by atomic mass is 79.9. The molecule has 1 aliphatic rings. The third kappa shape index (κ3) is 2.82. The Kier molecular flexibility index (Phi) is 3.80. The largest absolute Gasteiger partial charge is 0.483 e. The molecule has 0 aliphatic carbocycles. The number of allylic oxidation sites excluding steroid dienone is 1. The normalized spacial score (nSPS) is 15.1. The number of aromatic nitrogens is 1. The minimum atomic E-state index is -0.126. The standard InChI is InChI=1S/C23H14BrNO2/c24-17-6-3-4-14(10-17)11-21-23(26)19-12-16-9-8-15-5-1-2-7-18(15)22(16)25-20(19)13-27-21/h1-12H,13H2/b21-11-. The van der Waals surface area contributed by atoms with E-state index >= 15 is 0 Å². The average Bonchev–Trinajstić information content (AvgIpc) is 2.69. The molecule has 0 bridgehead atoms. The van der Waals surface area contributed by atoms with Crippen molar-refractivity contribution in [2.24, 2.45) is 0 Å². The van der Waals surface area contributed by atoms with Gasteiger partial charge in [-0.1, -0.05) is 64.5 Å². The molecule has 4 heteroatoms. The molecular weight excluding hydrogens is 402 g/mol.